The topological polar surface area (TPSA) is 42.1 Å². The van der Waals surface area contributed by atoms with Gasteiger partial charge in [-0.1, -0.05) is 6.07 Å². The summed E-state index contributed by atoms with van der Waals surface area (Å²) in [5, 5.41) is 0. The van der Waals surface area contributed by atoms with Gasteiger partial charge in [-0.25, -0.2) is 4.98 Å². The molecule has 0 saturated carbocycles. The second kappa shape index (κ2) is 4.83. The Balaban J connectivity index is 1.96. The van der Waals surface area contributed by atoms with Gasteiger partial charge in [-0.2, -0.15) is 0 Å². The molecule has 0 amide bonds. The SMILES string of the molecule is Cc1ccc(N2CCC(C(C)N)CC2)nc1. The lowest BCUT2D eigenvalue weighted by Gasteiger charge is -2.34. The van der Waals surface area contributed by atoms with E-state index in [1.807, 2.05) is 6.20 Å². The first kappa shape index (κ1) is 11.4. The molecule has 2 rings (SSSR count). The van der Waals surface area contributed by atoms with Crippen LogP contribution >= 0.6 is 0 Å². The molecule has 1 unspecified atom stereocenters. The van der Waals surface area contributed by atoms with Crippen molar-refractivity contribution in [2.45, 2.75) is 32.7 Å². The van der Waals surface area contributed by atoms with Crippen molar-refractivity contribution in [3.63, 3.8) is 0 Å². The fourth-order valence-corrected chi connectivity index (χ4v) is 2.30. The standard InChI is InChI=1S/C13H21N3/c1-10-3-4-13(15-9-10)16-7-5-12(6-8-16)11(2)14/h3-4,9,11-12H,5-8,14H2,1-2H3. The normalized spacial score (nSPS) is 19.8. The van der Waals surface area contributed by atoms with Gasteiger partial charge in [-0.05, 0) is 44.2 Å². The van der Waals surface area contributed by atoms with Crippen molar-refractivity contribution in [3.05, 3.63) is 23.9 Å². The highest BCUT2D eigenvalue weighted by molar-refractivity contribution is 5.39. The molecule has 1 fully saturated rings. The smallest absolute Gasteiger partial charge is 0.128 e. The molecule has 0 spiro atoms. The number of aromatic nitrogens is 1. The van der Waals surface area contributed by atoms with E-state index in [-0.39, 0.29) is 0 Å². The minimum atomic E-state index is 0.327. The molecule has 3 heteroatoms. The van der Waals surface area contributed by atoms with Crippen LogP contribution in [0.2, 0.25) is 0 Å². The Morgan fingerprint density at radius 3 is 2.56 bits per heavy atom. The van der Waals surface area contributed by atoms with Gasteiger partial charge in [0.15, 0.2) is 0 Å². The highest BCUT2D eigenvalue weighted by Gasteiger charge is 2.22. The van der Waals surface area contributed by atoms with Crippen LogP contribution in [0.25, 0.3) is 0 Å². The van der Waals surface area contributed by atoms with Crippen LogP contribution in [0.4, 0.5) is 5.82 Å². The summed E-state index contributed by atoms with van der Waals surface area (Å²) in [6.07, 6.45) is 4.31. The summed E-state index contributed by atoms with van der Waals surface area (Å²) in [6.45, 7) is 6.36. The molecule has 2 N–H and O–H groups in total. The lowest BCUT2D eigenvalue weighted by molar-refractivity contribution is 0.353. The summed E-state index contributed by atoms with van der Waals surface area (Å²) in [7, 11) is 0. The van der Waals surface area contributed by atoms with E-state index in [1.54, 1.807) is 0 Å². The number of nitrogens with zero attached hydrogens (tertiary/aromatic N) is 2. The van der Waals surface area contributed by atoms with Gasteiger partial charge in [-0.15, -0.1) is 0 Å². The van der Waals surface area contributed by atoms with Crippen LogP contribution in [0.5, 0.6) is 0 Å². The summed E-state index contributed by atoms with van der Waals surface area (Å²) < 4.78 is 0. The predicted octanol–water partition coefficient (Wildman–Crippen LogP) is 1.95. The lowest BCUT2D eigenvalue weighted by Crippen LogP contribution is -2.40. The predicted molar refractivity (Wildman–Crippen MR) is 67.6 cm³/mol. The maximum atomic E-state index is 5.94. The molecule has 3 nitrogen and oxygen atoms in total. The highest BCUT2D eigenvalue weighted by Crippen LogP contribution is 2.23. The first-order valence-corrected chi connectivity index (χ1v) is 6.10. The third kappa shape index (κ3) is 2.53. The quantitative estimate of drug-likeness (QED) is 0.826. The maximum absolute atomic E-state index is 5.94. The Labute approximate surface area is 97.7 Å². The number of hydrogen-bond donors (Lipinski definition) is 1. The third-order valence-corrected chi connectivity index (χ3v) is 3.50. The van der Waals surface area contributed by atoms with Crippen molar-refractivity contribution in [2.24, 2.45) is 11.7 Å². The van der Waals surface area contributed by atoms with Crippen LogP contribution in [-0.2, 0) is 0 Å². The first-order chi connectivity index (χ1) is 7.66. The zero-order valence-electron chi connectivity index (χ0n) is 10.2. The van der Waals surface area contributed by atoms with E-state index in [0.29, 0.717) is 12.0 Å². The van der Waals surface area contributed by atoms with Gasteiger partial charge >= 0.3 is 0 Å². The molecule has 1 aromatic heterocycles. The van der Waals surface area contributed by atoms with E-state index in [2.05, 4.69) is 35.9 Å². The van der Waals surface area contributed by atoms with Crippen LogP contribution in [0.15, 0.2) is 18.3 Å². The summed E-state index contributed by atoms with van der Waals surface area (Å²) >= 11 is 0. The van der Waals surface area contributed by atoms with Gasteiger partial charge in [0.05, 0.1) is 0 Å². The number of rotatable bonds is 2. The molecule has 88 valence electrons. The minimum Gasteiger partial charge on any atom is -0.357 e. The van der Waals surface area contributed by atoms with Crippen molar-refractivity contribution in [3.8, 4) is 0 Å². The Bertz CT molecular complexity index is 324. The third-order valence-electron chi connectivity index (χ3n) is 3.50. The fraction of sp³-hybridized carbons (Fsp3) is 0.615. The van der Waals surface area contributed by atoms with Crippen molar-refractivity contribution < 1.29 is 0 Å². The summed E-state index contributed by atoms with van der Waals surface area (Å²) in [5.41, 5.74) is 7.15. The Hall–Kier alpha value is -1.09. The van der Waals surface area contributed by atoms with E-state index >= 15 is 0 Å². The van der Waals surface area contributed by atoms with Crippen LogP contribution in [0, 0.1) is 12.8 Å². The van der Waals surface area contributed by atoms with Crippen molar-refractivity contribution >= 4 is 5.82 Å². The molecule has 1 aromatic rings. The Morgan fingerprint density at radius 2 is 2.06 bits per heavy atom. The second-order valence-electron chi connectivity index (χ2n) is 4.88. The van der Waals surface area contributed by atoms with E-state index in [4.69, 9.17) is 5.73 Å². The van der Waals surface area contributed by atoms with Crippen LogP contribution < -0.4 is 10.6 Å². The van der Waals surface area contributed by atoms with E-state index in [0.717, 1.165) is 18.9 Å². The van der Waals surface area contributed by atoms with Gasteiger partial charge < -0.3 is 10.6 Å². The molecule has 16 heavy (non-hydrogen) atoms. The molecular formula is C13H21N3. The number of aryl methyl sites for hydroxylation is 1. The Morgan fingerprint density at radius 1 is 1.38 bits per heavy atom. The highest BCUT2D eigenvalue weighted by atomic mass is 15.2. The minimum absolute atomic E-state index is 0.327. The summed E-state index contributed by atoms with van der Waals surface area (Å²) in [6, 6.07) is 4.56. The molecule has 2 heterocycles. The zero-order chi connectivity index (χ0) is 11.5. The molecule has 0 bridgehead atoms. The van der Waals surface area contributed by atoms with E-state index < -0.39 is 0 Å². The fourth-order valence-electron chi connectivity index (χ4n) is 2.30. The average molecular weight is 219 g/mol. The number of nitrogens with two attached hydrogens (primary N) is 1. The lowest BCUT2D eigenvalue weighted by atomic mass is 9.91. The average Bonchev–Trinajstić information content (AvgIpc) is 2.30. The molecular weight excluding hydrogens is 198 g/mol. The zero-order valence-corrected chi connectivity index (χ0v) is 10.2. The maximum Gasteiger partial charge on any atom is 0.128 e. The van der Waals surface area contributed by atoms with Gasteiger partial charge in [-0.3, -0.25) is 0 Å². The first-order valence-electron chi connectivity index (χ1n) is 6.10. The monoisotopic (exact) mass is 219 g/mol. The van der Waals surface area contributed by atoms with Gasteiger partial charge in [0.1, 0.15) is 5.82 Å². The van der Waals surface area contributed by atoms with E-state index in [9.17, 15) is 0 Å². The van der Waals surface area contributed by atoms with Gasteiger partial charge in [0.2, 0.25) is 0 Å². The number of pyridine rings is 1. The second-order valence-corrected chi connectivity index (χ2v) is 4.88. The van der Waals surface area contributed by atoms with Crippen molar-refractivity contribution in [1.29, 1.82) is 0 Å². The van der Waals surface area contributed by atoms with Gasteiger partial charge in [0.25, 0.3) is 0 Å². The van der Waals surface area contributed by atoms with Gasteiger partial charge in [0, 0.05) is 25.3 Å². The van der Waals surface area contributed by atoms with Crippen LogP contribution in [0.1, 0.15) is 25.3 Å². The Kier molecular flexibility index (Phi) is 3.44. The molecule has 0 aromatic carbocycles. The van der Waals surface area contributed by atoms with Crippen LogP contribution in [-0.4, -0.2) is 24.1 Å². The molecule has 0 radical (unpaired) electrons. The molecule has 1 saturated heterocycles. The molecule has 0 aliphatic carbocycles. The molecule has 1 atom stereocenters. The molecule has 1 aliphatic heterocycles. The van der Waals surface area contributed by atoms with E-state index in [1.165, 1.54) is 18.4 Å². The summed E-state index contributed by atoms with van der Waals surface area (Å²) in [4.78, 5) is 6.83. The molecule has 1 aliphatic rings. The summed E-state index contributed by atoms with van der Waals surface area (Å²) in [5.74, 6) is 1.79. The van der Waals surface area contributed by atoms with Crippen molar-refractivity contribution in [1.82, 2.24) is 4.98 Å². The number of anilines is 1. The number of piperidine rings is 1. The van der Waals surface area contributed by atoms with Crippen LogP contribution in [0.3, 0.4) is 0 Å². The largest absolute Gasteiger partial charge is 0.357 e. The number of hydrogen-bond acceptors (Lipinski definition) is 3. The van der Waals surface area contributed by atoms with Crippen molar-refractivity contribution in [2.75, 3.05) is 18.0 Å².